The van der Waals surface area contributed by atoms with E-state index in [9.17, 15) is 8.42 Å². The van der Waals surface area contributed by atoms with Gasteiger partial charge in [-0.25, -0.2) is 8.42 Å². The van der Waals surface area contributed by atoms with Crippen LogP contribution >= 0.6 is 24.0 Å². The Morgan fingerprint density at radius 1 is 1.35 bits per heavy atom. The van der Waals surface area contributed by atoms with Gasteiger partial charge < -0.3 is 20.1 Å². The maximum Gasteiger partial charge on any atom is 0.191 e. The third-order valence-electron chi connectivity index (χ3n) is 3.50. The molecule has 23 heavy (non-hydrogen) atoms. The fraction of sp³-hybridized carbons (Fsp3) is 0.929. The van der Waals surface area contributed by atoms with Gasteiger partial charge >= 0.3 is 0 Å². The van der Waals surface area contributed by atoms with E-state index in [2.05, 4.69) is 15.6 Å². The molecule has 9 heteroatoms. The van der Waals surface area contributed by atoms with Crippen LogP contribution in [0.1, 0.15) is 19.8 Å². The first kappa shape index (κ1) is 22.9. The van der Waals surface area contributed by atoms with Gasteiger partial charge in [0, 0.05) is 45.0 Å². The van der Waals surface area contributed by atoms with Crippen molar-refractivity contribution in [3.05, 3.63) is 0 Å². The first-order valence-electron chi connectivity index (χ1n) is 7.88. The predicted octanol–water partition coefficient (Wildman–Crippen LogP) is 0.647. The molecule has 1 aliphatic rings. The van der Waals surface area contributed by atoms with Crippen molar-refractivity contribution in [2.75, 3.05) is 58.1 Å². The highest BCUT2D eigenvalue weighted by Crippen LogP contribution is 2.12. The lowest BCUT2D eigenvalue weighted by atomic mass is 10.1. The second-order valence-electron chi connectivity index (χ2n) is 5.32. The van der Waals surface area contributed by atoms with E-state index in [1.165, 1.54) is 0 Å². The fourth-order valence-corrected chi connectivity index (χ4v) is 2.74. The number of guanidine groups is 1. The van der Waals surface area contributed by atoms with Crippen LogP contribution in [0.15, 0.2) is 4.99 Å². The Morgan fingerprint density at radius 3 is 2.70 bits per heavy atom. The SMILES string of the molecule is CCS(=O)(=O)CCNC(=NC)NCCCOCC1CCOC1.I. The van der Waals surface area contributed by atoms with Gasteiger partial charge in [-0.1, -0.05) is 6.92 Å². The molecule has 0 aromatic carbocycles. The zero-order chi connectivity index (χ0) is 16.3. The fourth-order valence-electron chi connectivity index (χ4n) is 2.04. The molecule has 1 atom stereocenters. The Balaban J connectivity index is 0.00000484. The van der Waals surface area contributed by atoms with E-state index < -0.39 is 9.84 Å². The van der Waals surface area contributed by atoms with Crippen molar-refractivity contribution in [2.45, 2.75) is 19.8 Å². The third-order valence-corrected chi connectivity index (χ3v) is 5.21. The summed E-state index contributed by atoms with van der Waals surface area (Å²) in [5.74, 6) is 1.46. The van der Waals surface area contributed by atoms with Crippen molar-refractivity contribution in [2.24, 2.45) is 10.9 Å². The van der Waals surface area contributed by atoms with Crippen molar-refractivity contribution in [3.8, 4) is 0 Å². The maximum atomic E-state index is 11.4. The topological polar surface area (TPSA) is 89.0 Å². The Labute approximate surface area is 156 Å². The molecule has 1 unspecified atom stereocenters. The minimum Gasteiger partial charge on any atom is -0.381 e. The maximum absolute atomic E-state index is 11.4. The number of hydrogen-bond donors (Lipinski definition) is 2. The molecule has 138 valence electrons. The van der Waals surface area contributed by atoms with Crippen LogP contribution < -0.4 is 10.6 Å². The lowest BCUT2D eigenvalue weighted by Crippen LogP contribution is -2.40. The summed E-state index contributed by atoms with van der Waals surface area (Å²) < 4.78 is 33.7. The number of ether oxygens (including phenoxy) is 2. The summed E-state index contributed by atoms with van der Waals surface area (Å²) in [5, 5.41) is 6.14. The average molecular weight is 463 g/mol. The zero-order valence-corrected chi connectivity index (χ0v) is 17.2. The van der Waals surface area contributed by atoms with Gasteiger partial charge in [0.25, 0.3) is 0 Å². The van der Waals surface area contributed by atoms with Gasteiger partial charge in [-0.2, -0.15) is 0 Å². The normalized spacial score (nSPS) is 18.5. The van der Waals surface area contributed by atoms with Gasteiger partial charge in [0.1, 0.15) is 0 Å². The molecule has 0 bridgehead atoms. The van der Waals surface area contributed by atoms with Gasteiger partial charge in [-0.3, -0.25) is 4.99 Å². The molecule has 2 N–H and O–H groups in total. The summed E-state index contributed by atoms with van der Waals surface area (Å²) in [6, 6.07) is 0. The molecule has 0 aromatic heterocycles. The second-order valence-corrected chi connectivity index (χ2v) is 7.79. The quantitative estimate of drug-likeness (QED) is 0.214. The van der Waals surface area contributed by atoms with Gasteiger partial charge in [0.2, 0.25) is 0 Å². The highest BCUT2D eigenvalue weighted by atomic mass is 127. The number of aliphatic imine (C=N–C) groups is 1. The second kappa shape index (κ2) is 13.2. The minimum atomic E-state index is -2.94. The van der Waals surface area contributed by atoms with Crippen LogP contribution in [0.2, 0.25) is 0 Å². The van der Waals surface area contributed by atoms with Crippen LogP contribution in [0, 0.1) is 5.92 Å². The zero-order valence-electron chi connectivity index (χ0n) is 14.0. The van der Waals surface area contributed by atoms with Crippen molar-refractivity contribution in [3.63, 3.8) is 0 Å². The Kier molecular flexibility index (Phi) is 13.1. The molecule has 0 saturated carbocycles. The Bertz CT molecular complexity index is 426. The first-order valence-corrected chi connectivity index (χ1v) is 9.70. The van der Waals surface area contributed by atoms with E-state index in [0.29, 0.717) is 25.0 Å². The number of rotatable bonds is 10. The first-order chi connectivity index (χ1) is 10.6. The monoisotopic (exact) mass is 463 g/mol. The molecule has 0 radical (unpaired) electrons. The molecule has 1 rings (SSSR count). The lowest BCUT2D eigenvalue weighted by Gasteiger charge is -2.12. The molecular weight excluding hydrogens is 433 g/mol. The molecule has 0 spiro atoms. The van der Waals surface area contributed by atoms with E-state index in [-0.39, 0.29) is 35.5 Å². The van der Waals surface area contributed by atoms with Crippen molar-refractivity contribution < 1.29 is 17.9 Å². The molecule has 0 aliphatic carbocycles. The van der Waals surface area contributed by atoms with E-state index in [0.717, 1.165) is 39.2 Å². The third kappa shape index (κ3) is 11.1. The average Bonchev–Trinajstić information content (AvgIpc) is 3.02. The lowest BCUT2D eigenvalue weighted by molar-refractivity contribution is 0.0888. The van der Waals surface area contributed by atoms with Crippen LogP contribution in [-0.2, 0) is 19.3 Å². The van der Waals surface area contributed by atoms with Crippen molar-refractivity contribution in [1.29, 1.82) is 0 Å². The summed E-state index contributed by atoms with van der Waals surface area (Å²) in [7, 11) is -1.27. The number of sulfone groups is 1. The summed E-state index contributed by atoms with van der Waals surface area (Å²) in [5.41, 5.74) is 0. The van der Waals surface area contributed by atoms with Crippen LogP contribution in [-0.4, -0.2) is 72.4 Å². The molecule has 1 saturated heterocycles. The largest absolute Gasteiger partial charge is 0.381 e. The van der Waals surface area contributed by atoms with Crippen LogP contribution in [0.5, 0.6) is 0 Å². The van der Waals surface area contributed by atoms with Crippen molar-refractivity contribution in [1.82, 2.24) is 10.6 Å². The number of nitrogens with zero attached hydrogens (tertiary/aromatic N) is 1. The standard InChI is InChI=1S/C14H29N3O4S.HI/c1-3-22(18,19)10-7-17-14(15-2)16-6-4-8-20-11-13-5-9-21-12-13;/h13H,3-12H2,1-2H3,(H2,15,16,17);1H. The molecule has 0 aromatic rings. The summed E-state index contributed by atoms with van der Waals surface area (Å²) in [6.07, 6.45) is 1.97. The summed E-state index contributed by atoms with van der Waals surface area (Å²) in [4.78, 5) is 4.06. The van der Waals surface area contributed by atoms with Gasteiger partial charge in [-0.05, 0) is 12.8 Å². The highest BCUT2D eigenvalue weighted by molar-refractivity contribution is 14.0. The van der Waals surface area contributed by atoms with Crippen LogP contribution in [0.25, 0.3) is 0 Å². The molecule has 1 fully saturated rings. The van der Waals surface area contributed by atoms with Crippen LogP contribution in [0.4, 0.5) is 0 Å². The van der Waals surface area contributed by atoms with E-state index in [4.69, 9.17) is 9.47 Å². The summed E-state index contributed by atoms with van der Waals surface area (Å²) in [6.45, 7) is 5.89. The summed E-state index contributed by atoms with van der Waals surface area (Å²) >= 11 is 0. The van der Waals surface area contributed by atoms with E-state index in [1.54, 1.807) is 14.0 Å². The Morgan fingerprint density at radius 2 is 2.09 bits per heavy atom. The number of nitrogens with one attached hydrogen (secondary N) is 2. The molecule has 1 aliphatic heterocycles. The van der Waals surface area contributed by atoms with Crippen LogP contribution in [0.3, 0.4) is 0 Å². The van der Waals surface area contributed by atoms with Gasteiger partial charge in [0.15, 0.2) is 15.8 Å². The molecular formula is C14H30IN3O4S. The van der Waals surface area contributed by atoms with Gasteiger partial charge in [-0.15, -0.1) is 24.0 Å². The highest BCUT2D eigenvalue weighted by Gasteiger charge is 2.15. The van der Waals surface area contributed by atoms with E-state index >= 15 is 0 Å². The molecule has 7 nitrogen and oxygen atoms in total. The minimum absolute atomic E-state index is 0. The van der Waals surface area contributed by atoms with E-state index in [1.807, 2.05) is 0 Å². The molecule has 0 amide bonds. The van der Waals surface area contributed by atoms with Crippen molar-refractivity contribution >= 4 is 39.8 Å². The smallest absolute Gasteiger partial charge is 0.191 e. The predicted molar refractivity (Wildman–Crippen MR) is 103 cm³/mol. The number of hydrogen-bond acceptors (Lipinski definition) is 5. The molecule has 1 heterocycles. The Hall–Kier alpha value is -0.130. The number of halogens is 1. The van der Waals surface area contributed by atoms with Gasteiger partial charge in [0.05, 0.1) is 19.0 Å².